The molecule has 0 aliphatic heterocycles. The first kappa shape index (κ1) is 38.5. The summed E-state index contributed by atoms with van der Waals surface area (Å²) in [6.07, 6.45) is 0. The molecule has 0 aromatic heterocycles. The number of hydrogen-bond acceptors (Lipinski definition) is 6. The van der Waals surface area contributed by atoms with Gasteiger partial charge in [0.2, 0.25) is 0 Å². The fraction of sp³-hybridized carbons (Fsp3) is 0.417. The third-order valence-electron chi connectivity index (χ3n) is 8.40. The van der Waals surface area contributed by atoms with Gasteiger partial charge in [0.05, 0.1) is 0 Å². The molecule has 3 rings (SSSR count). The molecule has 0 saturated heterocycles. The van der Waals surface area contributed by atoms with Crippen LogP contribution in [0.4, 0.5) is 17.1 Å². The van der Waals surface area contributed by atoms with Crippen molar-refractivity contribution < 1.29 is 29.7 Å². The highest BCUT2D eigenvalue weighted by Gasteiger charge is 2.14. The molecule has 0 saturated carbocycles. The summed E-state index contributed by atoms with van der Waals surface area (Å²) in [6, 6.07) is 10.1. The van der Waals surface area contributed by atoms with E-state index in [0.717, 1.165) is 33.8 Å². The maximum atomic E-state index is 10.7. The van der Waals surface area contributed by atoms with Crippen molar-refractivity contribution in [2.45, 2.75) is 101 Å². The predicted octanol–water partition coefficient (Wildman–Crippen LogP) is 7.49. The molecule has 3 atom stereocenters. The summed E-state index contributed by atoms with van der Waals surface area (Å²) < 4.78 is 0. The van der Waals surface area contributed by atoms with Gasteiger partial charge in [0.1, 0.15) is 18.1 Å². The van der Waals surface area contributed by atoms with Gasteiger partial charge in [-0.15, -0.1) is 0 Å². The molecule has 0 fully saturated rings. The molecular weight excluding hydrogens is 570 g/mol. The zero-order valence-electron chi connectivity index (χ0n) is 28.8. The molecular formula is C36H51N3O6. The number of aliphatic carboxylic acids is 3. The van der Waals surface area contributed by atoms with Crippen LogP contribution in [0.25, 0.3) is 0 Å². The van der Waals surface area contributed by atoms with E-state index in [1.54, 1.807) is 20.8 Å². The Kier molecular flexibility index (Phi) is 14.6. The Hall–Kier alpha value is -4.53. The molecule has 45 heavy (non-hydrogen) atoms. The topological polar surface area (TPSA) is 148 Å². The molecule has 0 bridgehead atoms. The number of carboxylic acid groups (broad SMARTS) is 3. The van der Waals surface area contributed by atoms with Crippen LogP contribution in [-0.4, -0.2) is 51.4 Å². The van der Waals surface area contributed by atoms with Crippen molar-refractivity contribution in [3.8, 4) is 0 Å². The van der Waals surface area contributed by atoms with Crippen LogP contribution in [0.15, 0.2) is 36.4 Å². The van der Waals surface area contributed by atoms with Gasteiger partial charge in [-0.1, -0.05) is 18.2 Å². The molecule has 3 aromatic carbocycles. The number of hydrogen-bond donors (Lipinski definition) is 6. The molecule has 9 heteroatoms. The Balaban J connectivity index is 0.000000337. The molecule has 1 unspecified atom stereocenters. The molecule has 6 N–H and O–H groups in total. The Morgan fingerprint density at radius 2 is 0.622 bits per heavy atom. The molecule has 0 amide bonds. The highest BCUT2D eigenvalue weighted by Crippen LogP contribution is 2.24. The minimum Gasteiger partial charge on any atom is -0.480 e. The lowest BCUT2D eigenvalue weighted by atomic mass is 10.0. The van der Waals surface area contributed by atoms with E-state index in [0.29, 0.717) is 0 Å². The Bertz CT molecular complexity index is 1340. The summed E-state index contributed by atoms with van der Waals surface area (Å²) >= 11 is 0. The predicted molar refractivity (Wildman–Crippen MR) is 184 cm³/mol. The van der Waals surface area contributed by atoms with Gasteiger partial charge in [-0.25, -0.2) is 0 Å². The lowest BCUT2D eigenvalue weighted by Crippen LogP contribution is -2.25. The summed E-state index contributed by atoms with van der Waals surface area (Å²) in [5.41, 5.74) is 13.3. The number of benzene rings is 3. The lowest BCUT2D eigenvalue weighted by molar-refractivity contribution is -0.138. The lowest BCUT2D eigenvalue weighted by Gasteiger charge is -2.15. The van der Waals surface area contributed by atoms with E-state index >= 15 is 0 Å². The van der Waals surface area contributed by atoms with Crippen LogP contribution in [0, 0.1) is 62.3 Å². The van der Waals surface area contributed by atoms with Crippen LogP contribution in [-0.2, 0) is 14.4 Å². The Morgan fingerprint density at radius 3 is 0.800 bits per heavy atom. The SMILES string of the molecule is Cc1ccc(NC(C)C(=O)O)c(C)c1C.Cc1ccc(N[C@@H](C)C(=O)O)c(C)c1C.Cc1ccc(N[C@H](C)C(=O)O)c(C)c1C. The zero-order valence-corrected chi connectivity index (χ0v) is 28.8. The summed E-state index contributed by atoms with van der Waals surface area (Å²) in [4.78, 5) is 32.1. The average molecular weight is 622 g/mol. The van der Waals surface area contributed by atoms with Gasteiger partial charge >= 0.3 is 17.9 Å². The molecule has 0 heterocycles. The number of anilines is 3. The van der Waals surface area contributed by atoms with Crippen LogP contribution in [0.1, 0.15) is 70.8 Å². The van der Waals surface area contributed by atoms with Crippen molar-refractivity contribution in [3.63, 3.8) is 0 Å². The molecule has 0 aliphatic rings. The highest BCUT2D eigenvalue weighted by atomic mass is 16.4. The fourth-order valence-corrected chi connectivity index (χ4v) is 4.22. The number of carbonyl (C=O) groups is 3. The van der Waals surface area contributed by atoms with Gasteiger partial charge in [-0.2, -0.15) is 0 Å². The van der Waals surface area contributed by atoms with Gasteiger partial charge in [-0.3, -0.25) is 14.4 Å². The third-order valence-corrected chi connectivity index (χ3v) is 8.40. The van der Waals surface area contributed by atoms with E-state index in [2.05, 4.69) is 16.0 Å². The van der Waals surface area contributed by atoms with Gasteiger partial charge in [-0.05, 0) is 151 Å². The quantitative estimate of drug-likeness (QED) is 0.143. The van der Waals surface area contributed by atoms with Crippen molar-refractivity contribution in [2.24, 2.45) is 0 Å². The van der Waals surface area contributed by atoms with E-state index < -0.39 is 36.0 Å². The van der Waals surface area contributed by atoms with E-state index in [4.69, 9.17) is 15.3 Å². The molecule has 9 nitrogen and oxygen atoms in total. The smallest absolute Gasteiger partial charge is 0.325 e. The van der Waals surface area contributed by atoms with E-state index in [-0.39, 0.29) is 0 Å². The second kappa shape index (κ2) is 17.1. The van der Waals surface area contributed by atoms with Crippen molar-refractivity contribution in [1.29, 1.82) is 0 Å². The van der Waals surface area contributed by atoms with Gasteiger partial charge in [0.15, 0.2) is 0 Å². The second-order valence-corrected chi connectivity index (χ2v) is 11.7. The molecule has 0 radical (unpaired) electrons. The van der Waals surface area contributed by atoms with E-state index in [9.17, 15) is 14.4 Å². The first-order chi connectivity index (χ1) is 20.8. The third kappa shape index (κ3) is 11.2. The molecule has 0 spiro atoms. The molecule has 246 valence electrons. The van der Waals surface area contributed by atoms with Crippen molar-refractivity contribution in [1.82, 2.24) is 0 Å². The molecule has 0 aliphatic carbocycles. The minimum atomic E-state index is -0.840. The first-order valence-electron chi connectivity index (χ1n) is 15.0. The second-order valence-electron chi connectivity index (χ2n) is 11.7. The normalized spacial score (nSPS) is 12.3. The van der Waals surface area contributed by atoms with Crippen LogP contribution >= 0.6 is 0 Å². The van der Waals surface area contributed by atoms with E-state index in [1.807, 2.05) is 98.7 Å². The highest BCUT2D eigenvalue weighted by molar-refractivity contribution is 5.78. The van der Waals surface area contributed by atoms with E-state index in [1.165, 1.54) is 33.4 Å². The maximum Gasteiger partial charge on any atom is 0.325 e. The fourth-order valence-electron chi connectivity index (χ4n) is 4.22. The van der Waals surface area contributed by atoms with Gasteiger partial charge in [0, 0.05) is 17.1 Å². The number of carboxylic acids is 3. The molecule has 3 aromatic rings. The minimum absolute atomic E-state index is 0.564. The number of rotatable bonds is 9. The maximum absolute atomic E-state index is 10.7. The van der Waals surface area contributed by atoms with Gasteiger partial charge in [0.25, 0.3) is 0 Å². The number of aryl methyl sites for hydroxylation is 3. The summed E-state index contributed by atoms with van der Waals surface area (Å²) in [6.45, 7) is 23.2. The summed E-state index contributed by atoms with van der Waals surface area (Å²) in [5.74, 6) is -2.52. The Labute approximate surface area is 268 Å². The van der Waals surface area contributed by atoms with Crippen LogP contribution < -0.4 is 16.0 Å². The first-order valence-corrected chi connectivity index (χ1v) is 15.0. The van der Waals surface area contributed by atoms with Crippen LogP contribution in [0.3, 0.4) is 0 Å². The average Bonchev–Trinajstić information content (AvgIpc) is 2.98. The monoisotopic (exact) mass is 621 g/mol. The van der Waals surface area contributed by atoms with Crippen LogP contribution in [0.2, 0.25) is 0 Å². The standard InChI is InChI=1S/3C12H17NO2/c3*1-7-5-6-11(9(3)8(7)2)13-10(4)12(14)15/h3*5-6,10,13H,1-4H3,(H,14,15)/t2*10-;/m10./s1. The summed E-state index contributed by atoms with van der Waals surface area (Å²) in [7, 11) is 0. The van der Waals surface area contributed by atoms with Crippen LogP contribution in [0.5, 0.6) is 0 Å². The summed E-state index contributed by atoms with van der Waals surface area (Å²) in [5, 5.41) is 35.3. The number of nitrogens with one attached hydrogen (secondary N) is 3. The Morgan fingerprint density at radius 1 is 0.422 bits per heavy atom. The zero-order chi connectivity index (χ0) is 34.8. The largest absolute Gasteiger partial charge is 0.480 e. The van der Waals surface area contributed by atoms with Gasteiger partial charge < -0.3 is 31.3 Å². The van der Waals surface area contributed by atoms with Crippen molar-refractivity contribution >= 4 is 35.0 Å². The van der Waals surface area contributed by atoms with Crippen molar-refractivity contribution in [3.05, 3.63) is 86.5 Å². The van der Waals surface area contributed by atoms with Crippen molar-refractivity contribution in [2.75, 3.05) is 16.0 Å².